The highest BCUT2D eigenvalue weighted by Crippen LogP contribution is 2.25. The van der Waals surface area contributed by atoms with Crippen LogP contribution < -0.4 is 5.32 Å². The summed E-state index contributed by atoms with van der Waals surface area (Å²) in [4.78, 5) is 10.4. The Labute approximate surface area is 139 Å². The van der Waals surface area contributed by atoms with Gasteiger partial charge < -0.3 is 5.32 Å². The zero-order valence-electron chi connectivity index (χ0n) is 12.6. The van der Waals surface area contributed by atoms with Crippen LogP contribution in [0.4, 0.5) is 5.82 Å². The van der Waals surface area contributed by atoms with Crippen LogP contribution in [-0.4, -0.2) is 17.0 Å². The van der Waals surface area contributed by atoms with Gasteiger partial charge in [0.1, 0.15) is 11.6 Å². The van der Waals surface area contributed by atoms with Gasteiger partial charge in [-0.1, -0.05) is 35.8 Å². The van der Waals surface area contributed by atoms with Crippen molar-refractivity contribution in [2.75, 3.05) is 12.4 Å². The molecule has 0 saturated carbocycles. The number of hydrogen-bond donors (Lipinski definition) is 1. The Morgan fingerprint density at radius 2 is 2.05 bits per heavy atom. The van der Waals surface area contributed by atoms with Crippen molar-refractivity contribution in [1.29, 1.82) is 0 Å². The zero-order valence-corrected chi connectivity index (χ0v) is 15.0. The molecule has 0 aliphatic carbocycles. The van der Waals surface area contributed by atoms with Gasteiger partial charge in [0.2, 0.25) is 0 Å². The second-order valence-electron chi connectivity index (χ2n) is 5.25. The first-order valence-corrected chi connectivity index (χ1v) is 8.77. The van der Waals surface area contributed by atoms with E-state index in [1.165, 1.54) is 4.90 Å². The van der Waals surface area contributed by atoms with E-state index < -0.39 is 0 Å². The van der Waals surface area contributed by atoms with Crippen LogP contribution in [0.1, 0.15) is 25.4 Å². The maximum Gasteiger partial charge on any atom is 0.141 e. The van der Waals surface area contributed by atoms with Crippen LogP contribution in [0.3, 0.4) is 0 Å². The standard InChI is InChI=1S/C16H20BrN3S/c1-11(2)7-13-9-15(18-3)20-16(19-13)10-21-14-6-4-5-12(17)8-14/h4-6,8-9,11H,7,10H2,1-3H3,(H,18,19,20). The summed E-state index contributed by atoms with van der Waals surface area (Å²) in [6.07, 6.45) is 0.978. The fourth-order valence-electron chi connectivity index (χ4n) is 1.97. The molecule has 21 heavy (non-hydrogen) atoms. The van der Waals surface area contributed by atoms with Crippen LogP contribution in [0.15, 0.2) is 39.7 Å². The van der Waals surface area contributed by atoms with E-state index in [9.17, 15) is 0 Å². The van der Waals surface area contributed by atoms with E-state index in [0.29, 0.717) is 5.92 Å². The third-order valence-electron chi connectivity index (χ3n) is 2.86. The molecule has 1 N–H and O–H groups in total. The Morgan fingerprint density at radius 1 is 1.24 bits per heavy atom. The van der Waals surface area contributed by atoms with E-state index in [4.69, 9.17) is 0 Å². The van der Waals surface area contributed by atoms with Gasteiger partial charge >= 0.3 is 0 Å². The summed E-state index contributed by atoms with van der Waals surface area (Å²) in [5.74, 6) is 3.14. The predicted octanol–water partition coefficient (Wildman–Crippen LogP) is 4.77. The molecule has 0 aliphatic heterocycles. The molecule has 0 unspecified atom stereocenters. The van der Waals surface area contributed by atoms with E-state index in [1.807, 2.05) is 25.2 Å². The molecule has 112 valence electrons. The third-order valence-corrected chi connectivity index (χ3v) is 4.35. The first kappa shape index (κ1) is 16.3. The monoisotopic (exact) mass is 365 g/mol. The number of anilines is 1. The summed E-state index contributed by atoms with van der Waals surface area (Å²) in [7, 11) is 1.90. The molecule has 0 bridgehead atoms. The minimum atomic E-state index is 0.593. The van der Waals surface area contributed by atoms with Crippen molar-refractivity contribution in [1.82, 2.24) is 9.97 Å². The number of rotatable bonds is 6. The van der Waals surface area contributed by atoms with Gasteiger partial charge in [0, 0.05) is 28.2 Å². The van der Waals surface area contributed by atoms with E-state index in [1.54, 1.807) is 11.8 Å². The lowest BCUT2D eigenvalue weighted by Crippen LogP contribution is -2.05. The molecule has 2 aromatic rings. The van der Waals surface area contributed by atoms with Crippen molar-refractivity contribution in [2.24, 2.45) is 5.92 Å². The summed E-state index contributed by atoms with van der Waals surface area (Å²) in [5, 5.41) is 3.12. The molecular formula is C16H20BrN3S. The normalized spacial score (nSPS) is 10.9. The van der Waals surface area contributed by atoms with Gasteiger partial charge in [-0.2, -0.15) is 0 Å². The molecule has 1 aromatic heterocycles. The van der Waals surface area contributed by atoms with Crippen molar-refractivity contribution < 1.29 is 0 Å². The van der Waals surface area contributed by atoms with Crippen molar-refractivity contribution in [3.8, 4) is 0 Å². The first-order chi connectivity index (χ1) is 10.1. The van der Waals surface area contributed by atoms with Gasteiger partial charge in [-0.15, -0.1) is 11.8 Å². The van der Waals surface area contributed by atoms with Gasteiger partial charge in [-0.3, -0.25) is 0 Å². The minimum absolute atomic E-state index is 0.593. The van der Waals surface area contributed by atoms with Gasteiger partial charge in [0.25, 0.3) is 0 Å². The van der Waals surface area contributed by atoms with E-state index in [-0.39, 0.29) is 0 Å². The highest BCUT2D eigenvalue weighted by molar-refractivity contribution is 9.10. The zero-order chi connectivity index (χ0) is 15.2. The van der Waals surface area contributed by atoms with Crippen LogP contribution in [-0.2, 0) is 12.2 Å². The number of nitrogens with zero attached hydrogens (tertiary/aromatic N) is 2. The van der Waals surface area contributed by atoms with E-state index in [0.717, 1.165) is 34.0 Å². The van der Waals surface area contributed by atoms with Crippen LogP contribution in [0.5, 0.6) is 0 Å². The Balaban J connectivity index is 2.11. The molecule has 0 aliphatic rings. The van der Waals surface area contributed by atoms with Crippen molar-refractivity contribution >= 4 is 33.5 Å². The second kappa shape index (κ2) is 7.80. The topological polar surface area (TPSA) is 37.8 Å². The first-order valence-electron chi connectivity index (χ1n) is 6.99. The van der Waals surface area contributed by atoms with Gasteiger partial charge in [0.15, 0.2) is 0 Å². The maximum absolute atomic E-state index is 4.68. The van der Waals surface area contributed by atoms with Gasteiger partial charge in [0.05, 0.1) is 5.75 Å². The van der Waals surface area contributed by atoms with Crippen LogP contribution in [0.25, 0.3) is 0 Å². The molecule has 0 spiro atoms. The Morgan fingerprint density at radius 3 is 2.71 bits per heavy atom. The highest BCUT2D eigenvalue weighted by atomic mass is 79.9. The van der Waals surface area contributed by atoms with E-state index in [2.05, 4.69) is 57.2 Å². The predicted molar refractivity (Wildman–Crippen MR) is 93.8 cm³/mol. The SMILES string of the molecule is CNc1cc(CC(C)C)nc(CSc2cccc(Br)c2)n1. The molecule has 0 saturated heterocycles. The highest BCUT2D eigenvalue weighted by Gasteiger charge is 2.07. The second-order valence-corrected chi connectivity index (χ2v) is 7.22. The number of nitrogens with one attached hydrogen (secondary N) is 1. The molecule has 2 rings (SSSR count). The molecule has 0 atom stereocenters. The quantitative estimate of drug-likeness (QED) is 0.748. The Bertz CT molecular complexity index is 602. The number of thioether (sulfide) groups is 1. The smallest absolute Gasteiger partial charge is 0.141 e. The van der Waals surface area contributed by atoms with Crippen molar-refractivity contribution in [3.63, 3.8) is 0 Å². The molecule has 3 nitrogen and oxygen atoms in total. The number of benzene rings is 1. The molecule has 1 aromatic carbocycles. The van der Waals surface area contributed by atoms with Crippen LogP contribution in [0.2, 0.25) is 0 Å². The number of aromatic nitrogens is 2. The minimum Gasteiger partial charge on any atom is -0.373 e. The average molecular weight is 366 g/mol. The van der Waals surface area contributed by atoms with Crippen molar-refractivity contribution in [3.05, 3.63) is 46.3 Å². The lowest BCUT2D eigenvalue weighted by Gasteiger charge is -2.09. The summed E-state index contributed by atoms with van der Waals surface area (Å²) in [5.41, 5.74) is 1.11. The van der Waals surface area contributed by atoms with E-state index >= 15 is 0 Å². The summed E-state index contributed by atoms with van der Waals surface area (Å²) >= 11 is 5.25. The lowest BCUT2D eigenvalue weighted by atomic mass is 10.1. The average Bonchev–Trinajstić information content (AvgIpc) is 2.44. The van der Waals surface area contributed by atoms with Crippen LogP contribution in [0, 0.1) is 5.92 Å². The maximum atomic E-state index is 4.68. The molecular weight excluding hydrogens is 346 g/mol. The summed E-state index contributed by atoms with van der Waals surface area (Å²) < 4.78 is 1.10. The molecule has 5 heteroatoms. The van der Waals surface area contributed by atoms with Gasteiger partial charge in [-0.25, -0.2) is 9.97 Å². The number of hydrogen-bond acceptors (Lipinski definition) is 4. The van der Waals surface area contributed by atoms with Crippen LogP contribution >= 0.6 is 27.7 Å². The summed E-state index contributed by atoms with van der Waals surface area (Å²) in [6, 6.07) is 10.3. The Kier molecular flexibility index (Phi) is 6.06. The summed E-state index contributed by atoms with van der Waals surface area (Å²) in [6.45, 7) is 4.41. The van der Waals surface area contributed by atoms with Crippen molar-refractivity contribution in [2.45, 2.75) is 30.9 Å². The fraction of sp³-hybridized carbons (Fsp3) is 0.375. The molecule has 0 amide bonds. The van der Waals surface area contributed by atoms with Gasteiger partial charge in [-0.05, 0) is 30.5 Å². The fourth-order valence-corrected chi connectivity index (χ4v) is 3.33. The third kappa shape index (κ3) is 5.32. The molecule has 1 heterocycles. The largest absolute Gasteiger partial charge is 0.373 e. The molecule has 0 fully saturated rings. The number of halogens is 1. The Hall–Kier alpha value is -1.07. The molecule has 0 radical (unpaired) electrons. The lowest BCUT2D eigenvalue weighted by molar-refractivity contribution is 0.632.